The summed E-state index contributed by atoms with van der Waals surface area (Å²) < 4.78 is 11.2. The normalized spacial score (nSPS) is 17.8. The van der Waals surface area contributed by atoms with Gasteiger partial charge in [-0.05, 0) is 42.7 Å². The van der Waals surface area contributed by atoms with Crippen molar-refractivity contribution in [2.45, 2.75) is 46.1 Å². The molecule has 0 radical (unpaired) electrons. The summed E-state index contributed by atoms with van der Waals surface area (Å²) in [6.07, 6.45) is 1.87. The van der Waals surface area contributed by atoms with Gasteiger partial charge >= 0.3 is 0 Å². The highest BCUT2D eigenvalue weighted by atomic mass is 16.5. The van der Waals surface area contributed by atoms with Crippen molar-refractivity contribution in [3.63, 3.8) is 0 Å². The van der Waals surface area contributed by atoms with E-state index in [2.05, 4.69) is 36.1 Å². The number of hydrogen-bond acceptors (Lipinski definition) is 6. The number of piperazine rings is 1. The van der Waals surface area contributed by atoms with Crippen molar-refractivity contribution in [1.82, 2.24) is 9.91 Å². The van der Waals surface area contributed by atoms with Gasteiger partial charge in [0, 0.05) is 56.3 Å². The zero-order valence-corrected chi connectivity index (χ0v) is 21.9. The zero-order chi connectivity index (χ0) is 25.8. The van der Waals surface area contributed by atoms with Crippen LogP contribution in [0.3, 0.4) is 0 Å². The highest BCUT2D eigenvalue weighted by Crippen LogP contribution is 2.35. The molecule has 192 valence electrons. The lowest BCUT2D eigenvalue weighted by Crippen LogP contribution is -2.48. The Morgan fingerprint density at radius 3 is 2.17 bits per heavy atom. The van der Waals surface area contributed by atoms with Crippen LogP contribution in [0.4, 0.5) is 5.69 Å². The van der Waals surface area contributed by atoms with Crippen LogP contribution in [-0.2, 0) is 16.0 Å². The third-order valence-corrected chi connectivity index (χ3v) is 7.13. The molecule has 0 bridgehead atoms. The molecule has 8 nitrogen and oxygen atoms in total. The lowest BCUT2D eigenvalue weighted by molar-refractivity contribution is -0.133. The number of carbonyl (C=O) groups excluding carboxylic acids is 2. The first-order valence-electron chi connectivity index (χ1n) is 12.7. The van der Waals surface area contributed by atoms with Gasteiger partial charge in [-0.2, -0.15) is 5.10 Å². The van der Waals surface area contributed by atoms with Crippen LogP contribution in [-0.4, -0.2) is 73.9 Å². The van der Waals surface area contributed by atoms with Gasteiger partial charge in [0.15, 0.2) is 11.5 Å². The number of amides is 2. The second-order valence-corrected chi connectivity index (χ2v) is 9.21. The average molecular weight is 493 g/mol. The summed E-state index contributed by atoms with van der Waals surface area (Å²) in [5.41, 5.74) is 4.81. The summed E-state index contributed by atoms with van der Waals surface area (Å²) in [6, 6.07) is 12.2. The molecule has 0 N–H and O–H groups in total. The van der Waals surface area contributed by atoms with Crippen molar-refractivity contribution in [2.24, 2.45) is 5.10 Å². The molecule has 4 rings (SSSR count). The van der Waals surface area contributed by atoms with Crippen molar-refractivity contribution < 1.29 is 19.1 Å². The summed E-state index contributed by atoms with van der Waals surface area (Å²) in [5, 5.41) is 6.63. The Morgan fingerprint density at radius 2 is 1.61 bits per heavy atom. The van der Waals surface area contributed by atoms with Crippen LogP contribution in [0.5, 0.6) is 11.5 Å². The molecule has 8 heteroatoms. The van der Waals surface area contributed by atoms with Gasteiger partial charge in [0.1, 0.15) is 0 Å². The minimum atomic E-state index is -0.0383. The maximum absolute atomic E-state index is 12.9. The number of hydrogen-bond donors (Lipinski definition) is 0. The van der Waals surface area contributed by atoms with E-state index in [4.69, 9.17) is 14.6 Å². The monoisotopic (exact) mass is 492 g/mol. The van der Waals surface area contributed by atoms with Gasteiger partial charge in [-0.15, -0.1) is 0 Å². The Balaban J connectivity index is 1.74. The van der Waals surface area contributed by atoms with Gasteiger partial charge in [-0.25, -0.2) is 5.01 Å². The predicted molar refractivity (Wildman–Crippen MR) is 141 cm³/mol. The van der Waals surface area contributed by atoms with Gasteiger partial charge in [-0.3, -0.25) is 9.59 Å². The molecule has 0 saturated carbocycles. The van der Waals surface area contributed by atoms with E-state index in [1.165, 1.54) is 0 Å². The summed E-state index contributed by atoms with van der Waals surface area (Å²) in [7, 11) is 3.26. The molecular weight excluding hydrogens is 456 g/mol. The molecule has 0 aromatic heterocycles. The maximum Gasteiger partial charge on any atom is 0.242 e. The van der Waals surface area contributed by atoms with E-state index in [9.17, 15) is 9.59 Å². The lowest BCUT2D eigenvalue weighted by atomic mass is 9.93. The number of fused-ring (bicyclic) bond motifs is 1. The third kappa shape index (κ3) is 5.03. The van der Waals surface area contributed by atoms with Crippen LogP contribution in [0.1, 0.15) is 50.3 Å². The number of rotatable bonds is 6. The van der Waals surface area contributed by atoms with E-state index in [1.54, 1.807) is 26.2 Å². The van der Waals surface area contributed by atoms with Gasteiger partial charge in [0.2, 0.25) is 11.8 Å². The van der Waals surface area contributed by atoms with Crippen molar-refractivity contribution in [2.75, 3.05) is 45.3 Å². The molecule has 2 aromatic carbocycles. The molecule has 1 fully saturated rings. The first kappa shape index (κ1) is 25.5. The van der Waals surface area contributed by atoms with E-state index < -0.39 is 0 Å². The molecule has 1 unspecified atom stereocenters. The molecule has 1 atom stereocenters. The molecule has 2 aliphatic rings. The average Bonchev–Trinajstić information content (AvgIpc) is 3.08. The van der Waals surface area contributed by atoms with Crippen LogP contribution in [0.25, 0.3) is 0 Å². The summed E-state index contributed by atoms with van der Waals surface area (Å²) >= 11 is 0. The Hall–Kier alpha value is -3.55. The van der Waals surface area contributed by atoms with Gasteiger partial charge in [0.25, 0.3) is 0 Å². The number of anilines is 1. The fraction of sp³-hybridized carbons (Fsp3) is 0.464. The summed E-state index contributed by atoms with van der Waals surface area (Å²) in [5.74, 6) is 1.43. The molecule has 36 heavy (non-hydrogen) atoms. The smallest absolute Gasteiger partial charge is 0.242 e. The van der Waals surface area contributed by atoms with E-state index in [1.807, 2.05) is 24.0 Å². The Labute approximate surface area is 213 Å². The summed E-state index contributed by atoms with van der Waals surface area (Å²) in [4.78, 5) is 28.8. The minimum absolute atomic E-state index is 0.00560. The van der Waals surface area contributed by atoms with Crippen molar-refractivity contribution >= 4 is 23.2 Å². The lowest BCUT2D eigenvalue weighted by Gasteiger charge is -2.35. The molecule has 2 aromatic rings. The topological polar surface area (TPSA) is 74.7 Å². The van der Waals surface area contributed by atoms with E-state index >= 15 is 0 Å². The quantitative estimate of drug-likeness (QED) is 0.615. The fourth-order valence-electron chi connectivity index (χ4n) is 4.96. The minimum Gasteiger partial charge on any atom is -0.493 e. The second-order valence-electron chi connectivity index (χ2n) is 9.21. The predicted octanol–water partition coefficient (Wildman–Crippen LogP) is 3.70. The standard InChI is InChI=1S/C28H36N4O4/c1-6-22-16-21-17-25(35-4)26(36-5)18-24(21)28(29-32(22)27(34)7-2)20-8-10-23(11-9-20)31-14-12-30(13-15-31)19(3)33/h8-11,17-18,22H,6-7,12-16H2,1-5H3. The van der Waals surface area contributed by atoms with Crippen LogP contribution in [0, 0.1) is 0 Å². The molecule has 0 spiro atoms. The molecule has 1 saturated heterocycles. The SMILES string of the molecule is CCC(=O)N1N=C(c2ccc(N3CCN(C(C)=O)CC3)cc2)c2cc(OC)c(OC)cc2CC1CC. The van der Waals surface area contributed by atoms with Crippen molar-refractivity contribution in [3.8, 4) is 11.5 Å². The van der Waals surface area contributed by atoms with Gasteiger partial charge in [0.05, 0.1) is 26.0 Å². The Morgan fingerprint density at radius 1 is 0.972 bits per heavy atom. The molecule has 2 heterocycles. The highest BCUT2D eigenvalue weighted by Gasteiger charge is 2.29. The number of methoxy groups -OCH3 is 2. The number of nitrogens with zero attached hydrogens (tertiary/aromatic N) is 4. The zero-order valence-electron chi connectivity index (χ0n) is 21.9. The first-order chi connectivity index (χ1) is 17.4. The number of benzene rings is 2. The van der Waals surface area contributed by atoms with E-state index in [-0.39, 0.29) is 17.9 Å². The Kier molecular flexibility index (Phi) is 7.82. The fourth-order valence-corrected chi connectivity index (χ4v) is 4.96. The van der Waals surface area contributed by atoms with Crippen LogP contribution in [0.2, 0.25) is 0 Å². The molecule has 0 aliphatic carbocycles. The van der Waals surface area contributed by atoms with Crippen molar-refractivity contribution in [1.29, 1.82) is 0 Å². The van der Waals surface area contributed by atoms with Crippen LogP contribution >= 0.6 is 0 Å². The van der Waals surface area contributed by atoms with Gasteiger partial charge < -0.3 is 19.3 Å². The van der Waals surface area contributed by atoms with E-state index in [0.717, 1.165) is 60.7 Å². The number of ether oxygens (including phenoxy) is 2. The Bertz CT molecular complexity index is 1140. The molecular formula is C28H36N4O4. The van der Waals surface area contributed by atoms with Crippen molar-refractivity contribution in [3.05, 3.63) is 53.1 Å². The third-order valence-electron chi connectivity index (χ3n) is 7.13. The molecule has 2 aliphatic heterocycles. The number of hydrazone groups is 1. The van der Waals surface area contributed by atoms with Crippen LogP contribution in [0.15, 0.2) is 41.5 Å². The highest BCUT2D eigenvalue weighted by molar-refractivity contribution is 6.14. The summed E-state index contributed by atoms with van der Waals surface area (Å²) in [6.45, 7) is 8.64. The first-order valence-corrected chi connectivity index (χ1v) is 12.7. The van der Waals surface area contributed by atoms with E-state index in [0.29, 0.717) is 24.3 Å². The van der Waals surface area contributed by atoms with Gasteiger partial charge in [-0.1, -0.05) is 26.0 Å². The molecule has 2 amide bonds. The second kappa shape index (κ2) is 11.0. The maximum atomic E-state index is 12.9. The largest absolute Gasteiger partial charge is 0.493 e. The number of carbonyl (C=O) groups is 2. The van der Waals surface area contributed by atoms with Crippen LogP contribution < -0.4 is 14.4 Å².